The molecule has 1 atom stereocenters. The summed E-state index contributed by atoms with van der Waals surface area (Å²) >= 11 is 0. The van der Waals surface area contributed by atoms with Crippen LogP contribution in [0.4, 0.5) is 30.8 Å². The number of allylic oxidation sites excluding steroid dienone is 2. The van der Waals surface area contributed by atoms with Gasteiger partial charge in [0.2, 0.25) is 5.83 Å². The Morgan fingerprint density at radius 2 is 1.21 bits per heavy atom. The molecule has 1 aliphatic rings. The van der Waals surface area contributed by atoms with Crippen molar-refractivity contribution >= 4 is 0 Å². The van der Waals surface area contributed by atoms with E-state index in [2.05, 4.69) is 6.92 Å². The van der Waals surface area contributed by atoms with Crippen molar-refractivity contribution in [1.29, 1.82) is 0 Å². The average Bonchev–Trinajstić information content (AvgIpc) is 2.56. The Hall–Kier alpha value is -1.05. The molecule has 8 heteroatoms. The Labute approximate surface area is 137 Å². The van der Waals surface area contributed by atoms with Crippen molar-refractivity contribution in [2.75, 3.05) is 6.54 Å². The maximum absolute atomic E-state index is 14.2. The summed E-state index contributed by atoms with van der Waals surface area (Å²) < 4.78 is 90.4. The molecule has 0 aliphatic carbocycles. The van der Waals surface area contributed by atoms with Gasteiger partial charge in [0.25, 0.3) is 11.7 Å². The van der Waals surface area contributed by atoms with Gasteiger partial charge in [-0.05, 0) is 11.1 Å². The van der Waals surface area contributed by atoms with E-state index in [0.717, 1.165) is 38.5 Å². The normalized spacial score (nSPS) is 24.0. The highest BCUT2D eigenvalue weighted by Gasteiger charge is 2.69. The molecule has 1 unspecified atom stereocenters. The lowest BCUT2D eigenvalue weighted by Crippen LogP contribution is -2.55. The summed E-state index contributed by atoms with van der Waals surface area (Å²) in [6.07, 6.45) is 6.94. The summed E-state index contributed by atoms with van der Waals surface area (Å²) in [5.74, 6) is -10.8. The molecule has 0 aromatic carbocycles. The van der Waals surface area contributed by atoms with Crippen LogP contribution >= 0.6 is 0 Å². The van der Waals surface area contributed by atoms with Gasteiger partial charge in [-0.25, -0.2) is 0 Å². The topological polar surface area (TPSA) is 0 Å². The number of halogens is 7. The number of alkyl halides is 2. The van der Waals surface area contributed by atoms with Crippen LogP contribution < -0.4 is 0 Å². The first-order valence-corrected chi connectivity index (χ1v) is 8.27. The molecule has 1 rings (SSSR count). The van der Waals surface area contributed by atoms with Gasteiger partial charge in [0.05, 0.1) is 0 Å². The molecule has 0 amide bonds. The number of rotatable bonds is 10. The molecule has 0 spiro atoms. The molecule has 0 aromatic rings. The lowest BCUT2D eigenvalue weighted by atomic mass is 10.1. The molecule has 0 N–H and O–H groups in total. The first kappa shape index (κ1) is 21.0. The van der Waals surface area contributed by atoms with Crippen molar-refractivity contribution in [2.24, 2.45) is 0 Å². The lowest BCUT2D eigenvalue weighted by Gasteiger charge is -2.31. The van der Waals surface area contributed by atoms with Gasteiger partial charge in [0.15, 0.2) is 0 Å². The Balaban J connectivity index is 2.49. The van der Waals surface area contributed by atoms with Crippen LogP contribution in [0, 0.1) is 0 Å². The minimum atomic E-state index is -5.11. The maximum Gasteiger partial charge on any atom is 0.490 e. The quantitative estimate of drug-likeness (QED) is 0.168. The predicted octanol–water partition coefficient (Wildman–Crippen LogP) is 7.08. The summed E-state index contributed by atoms with van der Waals surface area (Å²) in [5.41, 5.74) is 0. The summed E-state index contributed by atoms with van der Waals surface area (Å²) in [5, 5.41) is 0. The van der Waals surface area contributed by atoms with Crippen molar-refractivity contribution < 1.29 is 35.5 Å². The van der Waals surface area contributed by atoms with Crippen molar-refractivity contribution in [2.45, 2.75) is 70.8 Å². The molecule has 0 fully saturated rings. The van der Waals surface area contributed by atoms with E-state index in [0.29, 0.717) is 12.8 Å². The Morgan fingerprint density at radius 3 is 1.71 bits per heavy atom. The smallest absolute Gasteiger partial charge is 0.200 e. The molecule has 0 saturated carbocycles. The van der Waals surface area contributed by atoms with Crippen molar-refractivity contribution in [1.82, 2.24) is 0 Å². The lowest BCUT2D eigenvalue weighted by molar-refractivity contribution is -1.10. The minimum absolute atomic E-state index is 0.198. The fourth-order valence-corrected chi connectivity index (χ4v) is 2.63. The van der Waals surface area contributed by atoms with Gasteiger partial charge >= 0.3 is 12.0 Å². The predicted molar refractivity (Wildman–Crippen MR) is 76.9 cm³/mol. The van der Waals surface area contributed by atoms with E-state index in [4.69, 9.17) is 0 Å². The van der Waals surface area contributed by atoms with Gasteiger partial charge in [-0.3, -0.25) is 0 Å². The number of quaternary nitrogens is 1. The average molecular weight is 362 g/mol. The fraction of sp³-hybridized carbons (Fsp3) is 0.750. The van der Waals surface area contributed by atoms with E-state index in [1.54, 1.807) is 0 Å². The van der Waals surface area contributed by atoms with Crippen LogP contribution in [0.3, 0.4) is 0 Å². The Morgan fingerprint density at radius 1 is 0.750 bits per heavy atom. The Bertz CT molecular complexity index is 487. The van der Waals surface area contributed by atoms with E-state index >= 15 is 0 Å². The number of hydrogen-bond acceptors (Lipinski definition) is 0. The molecule has 1 heterocycles. The third-order valence-corrected chi connectivity index (χ3v) is 4.16. The van der Waals surface area contributed by atoms with E-state index in [1.165, 1.54) is 0 Å². The van der Waals surface area contributed by atoms with Crippen molar-refractivity contribution in [3.05, 3.63) is 23.4 Å². The molecule has 0 saturated heterocycles. The SMILES string of the molecule is CCCCCCCCCCC[N+]1(F)C(F)=C(F)C(F)=C(F)C1(F)F. The second-order valence-corrected chi connectivity index (χ2v) is 6.04. The second-order valence-electron chi connectivity index (χ2n) is 6.04. The summed E-state index contributed by atoms with van der Waals surface area (Å²) in [6.45, 7) is 0.926. The third-order valence-electron chi connectivity index (χ3n) is 4.16. The highest BCUT2D eigenvalue weighted by atomic mass is 19.3. The summed E-state index contributed by atoms with van der Waals surface area (Å²) in [4.78, 5) is 0. The molecule has 1 aliphatic heterocycles. The summed E-state index contributed by atoms with van der Waals surface area (Å²) in [7, 11) is 0. The van der Waals surface area contributed by atoms with E-state index in [1.807, 2.05) is 0 Å². The first-order chi connectivity index (χ1) is 11.2. The molecule has 24 heavy (non-hydrogen) atoms. The largest absolute Gasteiger partial charge is 0.490 e. The number of hydrogen-bond donors (Lipinski definition) is 0. The highest BCUT2D eigenvalue weighted by molar-refractivity contribution is 5.28. The molecule has 140 valence electrons. The molecular formula is C16H23F7N+. The van der Waals surface area contributed by atoms with Crippen molar-refractivity contribution in [3.8, 4) is 0 Å². The highest BCUT2D eigenvalue weighted by Crippen LogP contribution is 2.50. The van der Waals surface area contributed by atoms with Crippen LogP contribution in [0.1, 0.15) is 64.7 Å². The zero-order valence-electron chi connectivity index (χ0n) is 13.7. The Kier molecular flexibility index (Phi) is 7.76. The molecule has 1 nitrogen and oxygen atoms in total. The van der Waals surface area contributed by atoms with Gasteiger partial charge in [0, 0.05) is 10.9 Å². The van der Waals surface area contributed by atoms with Gasteiger partial charge in [-0.2, -0.15) is 13.2 Å². The van der Waals surface area contributed by atoms with Gasteiger partial charge in [-0.15, -0.1) is 13.2 Å². The van der Waals surface area contributed by atoms with Crippen LogP contribution in [0.5, 0.6) is 0 Å². The molecule has 0 aromatic heterocycles. The number of nitrogens with zero attached hydrogens (tertiary/aromatic N) is 1. The van der Waals surface area contributed by atoms with E-state index in [9.17, 15) is 30.8 Å². The van der Waals surface area contributed by atoms with Crippen LogP contribution in [0.2, 0.25) is 0 Å². The maximum atomic E-state index is 14.2. The third kappa shape index (κ3) is 4.32. The molecular weight excluding hydrogens is 339 g/mol. The van der Waals surface area contributed by atoms with Gasteiger partial charge in [-0.1, -0.05) is 51.9 Å². The zero-order valence-corrected chi connectivity index (χ0v) is 13.7. The van der Waals surface area contributed by atoms with Crippen LogP contribution in [-0.2, 0) is 0 Å². The molecule has 0 bridgehead atoms. The van der Waals surface area contributed by atoms with Crippen molar-refractivity contribution in [3.63, 3.8) is 0 Å². The first-order valence-electron chi connectivity index (χ1n) is 8.27. The second kappa shape index (κ2) is 8.87. The fourth-order valence-electron chi connectivity index (χ4n) is 2.63. The minimum Gasteiger partial charge on any atom is -0.200 e. The summed E-state index contributed by atoms with van der Waals surface area (Å²) in [6, 6.07) is -5.11. The van der Waals surface area contributed by atoms with E-state index < -0.39 is 40.7 Å². The monoisotopic (exact) mass is 362 g/mol. The van der Waals surface area contributed by atoms with Crippen LogP contribution in [0.15, 0.2) is 23.4 Å². The standard InChI is InChI=1S/C16H23F7N/c1-2-3-4-5-6-7-8-9-10-11-24(23)15(20)13(18)12(17)14(19)16(24,21)22/h2-11H2,1H3/q+1. The van der Waals surface area contributed by atoms with Crippen LogP contribution in [-0.4, -0.2) is 17.3 Å². The zero-order chi connectivity index (χ0) is 18.4. The molecule has 0 radical (unpaired) electrons. The van der Waals surface area contributed by atoms with E-state index in [-0.39, 0.29) is 6.42 Å². The van der Waals surface area contributed by atoms with Gasteiger partial charge < -0.3 is 0 Å². The van der Waals surface area contributed by atoms with Crippen LogP contribution in [0.25, 0.3) is 0 Å². The number of unbranched alkanes of at least 4 members (excludes halogenated alkanes) is 8. The van der Waals surface area contributed by atoms with Gasteiger partial charge in [0.1, 0.15) is 6.54 Å².